The van der Waals surface area contributed by atoms with Gasteiger partial charge < -0.3 is 10.6 Å². The van der Waals surface area contributed by atoms with Crippen molar-refractivity contribution in [2.75, 3.05) is 7.05 Å². The summed E-state index contributed by atoms with van der Waals surface area (Å²) in [6.07, 6.45) is 5.84. The minimum absolute atomic E-state index is 0. The molecule has 1 saturated carbocycles. The van der Waals surface area contributed by atoms with Gasteiger partial charge in [-0.15, -0.1) is 12.4 Å². The Balaban J connectivity index is 0.00000243. The summed E-state index contributed by atoms with van der Waals surface area (Å²) < 4.78 is 25.8. The minimum atomic E-state index is -3.44. The van der Waals surface area contributed by atoms with Gasteiger partial charge in [-0.1, -0.05) is 25.0 Å². The van der Waals surface area contributed by atoms with E-state index in [0.29, 0.717) is 12.0 Å². The number of fused-ring (bicyclic) bond motifs is 1. The van der Waals surface area contributed by atoms with Crippen LogP contribution in [0.3, 0.4) is 0 Å². The number of sulfonamides is 1. The summed E-state index contributed by atoms with van der Waals surface area (Å²) in [6.45, 7) is 1.92. The summed E-state index contributed by atoms with van der Waals surface area (Å²) >= 11 is 0. The molecule has 1 saturated heterocycles. The number of hydrogen-bond donors (Lipinski definition) is 3. The van der Waals surface area contributed by atoms with Gasteiger partial charge in [-0.2, -0.15) is 0 Å². The van der Waals surface area contributed by atoms with Crippen LogP contribution in [0.4, 0.5) is 0 Å². The maximum Gasteiger partial charge on any atom is 0.240 e. The summed E-state index contributed by atoms with van der Waals surface area (Å²) in [5, 5.41) is 6.54. The van der Waals surface area contributed by atoms with Crippen molar-refractivity contribution < 1.29 is 13.2 Å². The van der Waals surface area contributed by atoms with E-state index in [2.05, 4.69) is 15.4 Å². The third-order valence-electron chi connectivity index (χ3n) is 5.50. The smallest absolute Gasteiger partial charge is 0.240 e. The Morgan fingerprint density at radius 3 is 2.46 bits per heavy atom. The zero-order chi connectivity index (χ0) is 18.0. The monoisotopic (exact) mass is 401 g/mol. The standard InChI is InChI=1S/C18H27N3O3S.ClH/c1-12(13-7-9-15(10-8-13)25(23,24)19-2)20-18(22)17-11-14-5-3-4-6-16(14)21-17;/h7-10,12,14,16-17,19,21H,3-6,11H2,1-2H3,(H,20,22);1H. The van der Waals surface area contributed by atoms with Crippen molar-refractivity contribution >= 4 is 28.3 Å². The summed E-state index contributed by atoms with van der Waals surface area (Å²) in [6, 6.07) is 6.83. The normalized spacial score (nSPS) is 26.5. The van der Waals surface area contributed by atoms with E-state index in [4.69, 9.17) is 0 Å². The molecule has 1 aliphatic carbocycles. The summed E-state index contributed by atoms with van der Waals surface area (Å²) in [7, 11) is -2.05. The van der Waals surface area contributed by atoms with E-state index < -0.39 is 10.0 Å². The highest BCUT2D eigenvalue weighted by molar-refractivity contribution is 7.89. The highest BCUT2D eigenvalue weighted by Crippen LogP contribution is 2.33. The first-order chi connectivity index (χ1) is 11.9. The molecule has 2 fully saturated rings. The van der Waals surface area contributed by atoms with Gasteiger partial charge >= 0.3 is 0 Å². The highest BCUT2D eigenvalue weighted by Gasteiger charge is 2.38. The molecule has 2 aliphatic rings. The lowest BCUT2D eigenvalue weighted by Gasteiger charge is -2.24. The number of amides is 1. The van der Waals surface area contributed by atoms with Crippen LogP contribution in [0.2, 0.25) is 0 Å². The lowest BCUT2D eigenvalue weighted by molar-refractivity contribution is -0.123. The summed E-state index contributed by atoms with van der Waals surface area (Å²) in [5.41, 5.74) is 0.888. The third kappa shape index (κ3) is 4.57. The van der Waals surface area contributed by atoms with Gasteiger partial charge in [-0.05, 0) is 56.8 Å². The first kappa shape index (κ1) is 21.2. The van der Waals surface area contributed by atoms with Crippen LogP contribution in [0.25, 0.3) is 0 Å². The predicted octanol–water partition coefficient (Wildman–Crippen LogP) is 2.11. The number of nitrogens with one attached hydrogen (secondary N) is 3. The van der Waals surface area contributed by atoms with Gasteiger partial charge in [-0.25, -0.2) is 13.1 Å². The fourth-order valence-corrected chi connectivity index (χ4v) is 4.70. The van der Waals surface area contributed by atoms with Crippen LogP contribution in [-0.4, -0.2) is 33.5 Å². The van der Waals surface area contributed by atoms with Gasteiger partial charge in [0, 0.05) is 6.04 Å². The van der Waals surface area contributed by atoms with Crippen LogP contribution in [0.1, 0.15) is 50.6 Å². The second-order valence-electron chi connectivity index (χ2n) is 7.11. The van der Waals surface area contributed by atoms with E-state index in [1.165, 1.54) is 32.7 Å². The van der Waals surface area contributed by atoms with Crippen molar-refractivity contribution in [3.8, 4) is 0 Å². The lowest BCUT2D eigenvalue weighted by Crippen LogP contribution is -2.43. The Morgan fingerprint density at radius 2 is 1.85 bits per heavy atom. The molecule has 8 heteroatoms. The second-order valence-corrected chi connectivity index (χ2v) is 9.00. The number of carbonyl (C=O) groups excluding carboxylic acids is 1. The first-order valence-corrected chi connectivity index (χ1v) is 10.5. The third-order valence-corrected chi connectivity index (χ3v) is 6.93. The van der Waals surface area contributed by atoms with Gasteiger partial charge in [0.15, 0.2) is 0 Å². The Kier molecular flexibility index (Phi) is 7.07. The second kappa shape index (κ2) is 8.69. The molecule has 1 amide bonds. The van der Waals surface area contributed by atoms with Gasteiger partial charge in [0.2, 0.25) is 15.9 Å². The van der Waals surface area contributed by atoms with Gasteiger partial charge in [0.1, 0.15) is 0 Å². The van der Waals surface area contributed by atoms with Crippen LogP contribution in [0, 0.1) is 5.92 Å². The molecule has 1 aromatic carbocycles. The molecule has 6 nitrogen and oxygen atoms in total. The number of benzene rings is 1. The average Bonchev–Trinajstić information content (AvgIpc) is 3.06. The van der Waals surface area contributed by atoms with E-state index in [1.54, 1.807) is 24.3 Å². The van der Waals surface area contributed by atoms with Crippen molar-refractivity contribution in [3.63, 3.8) is 0 Å². The Morgan fingerprint density at radius 1 is 1.19 bits per heavy atom. The van der Waals surface area contributed by atoms with E-state index in [-0.39, 0.29) is 35.3 Å². The lowest BCUT2D eigenvalue weighted by atomic mass is 9.85. The van der Waals surface area contributed by atoms with Crippen LogP contribution in [0.15, 0.2) is 29.2 Å². The van der Waals surface area contributed by atoms with Crippen molar-refractivity contribution in [1.29, 1.82) is 0 Å². The predicted molar refractivity (Wildman–Crippen MR) is 104 cm³/mol. The molecule has 1 heterocycles. The van der Waals surface area contributed by atoms with Crippen molar-refractivity contribution in [2.24, 2.45) is 5.92 Å². The maximum absolute atomic E-state index is 12.6. The van der Waals surface area contributed by atoms with E-state index in [9.17, 15) is 13.2 Å². The quantitative estimate of drug-likeness (QED) is 0.705. The Bertz CT molecular complexity index is 710. The van der Waals surface area contributed by atoms with E-state index in [0.717, 1.165) is 12.0 Å². The molecule has 0 bridgehead atoms. The number of halogens is 1. The van der Waals surface area contributed by atoms with Gasteiger partial charge in [0.05, 0.1) is 17.0 Å². The Hall–Kier alpha value is -1.15. The van der Waals surface area contributed by atoms with Crippen molar-refractivity contribution in [3.05, 3.63) is 29.8 Å². The highest BCUT2D eigenvalue weighted by atomic mass is 35.5. The zero-order valence-corrected chi connectivity index (χ0v) is 16.8. The molecule has 0 spiro atoms. The van der Waals surface area contributed by atoms with Crippen LogP contribution >= 0.6 is 12.4 Å². The summed E-state index contributed by atoms with van der Waals surface area (Å²) in [5.74, 6) is 0.666. The molecule has 0 aromatic heterocycles. The Labute approximate surface area is 162 Å². The molecular weight excluding hydrogens is 374 g/mol. The molecular formula is C18H28ClN3O3S. The molecule has 4 unspecified atom stereocenters. The first-order valence-electron chi connectivity index (χ1n) is 9.00. The molecule has 0 radical (unpaired) electrons. The minimum Gasteiger partial charge on any atom is -0.348 e. The molecule has 1 aromatic rings. The van der Waals surface area contributed by atoms with E-state index >= 15 is 0 Å². The molecule has 146 valence electrons. The van der Waals surface area contributed by atoms with Gasteiger partial charge in [-0.3, -0.25) is 4.79 Å². The van der Waals surface area contributed by atoms with Crippen LogP contribution in [0.5, 0.6) is 0 Å². The fraction of sp³-hybridized carbons (Fsp3) is 0.611. The van der Waals surface area contributed by atoms with Crippen molar-refractivity contribution in [1.82, 2.24) is 15.4 Å². The fourth-order valence-electron chi connectivity index (χ4n) is 3.97. The van der Waals surface area contributed by atoms with E-state index in [1.807, 2.05) is 6.92 Å². The topological polar surface area (TPSA) is 87.3 Å². The average molecular weight is 402 g/mol. The largest absolute Gasteiger partial charge is 0.348 e. The molecule has 4 atom stereocenters. The maximum atomic E-state index is 12.6. The number of hydrogen-bond acceptors (Lipinski definition) is 4. The summed E-state index contributed by atoms with van der Waals surface area (Å²) in [4.78, 5) is 12.8. The molecule has 1 aliphatic heterocycles. The van der Waals surface area contributed by atoms with Crippen molar-refractivity contribution in [2.45, 2.75) is 62.0 Å². The van der Waals surface area contributed by atoms with Crippen LogP contribution in [-0.2, 0) is 14.8 Å². The number of carbonyl (C=O) groups is 1. The molecule has 26 heavy (non-hydrogen) atoms. The SMILES string of the molecule is CNS(=O)(=O)c1ccc(C(C)NC(=O)C2CC3CCCCC3N2)cc1.Cl. The van der Waals surface area contributed by atoms with Gasteiger partial charge in [0.25, 0.3) is 0 Å². The molecule has 3 N–H and O–H groups in total. The zero-order valence-electron chi connectivity index (χ0n) is 15.2. The molecule has 3 rings (SSSR count). The number of rotatable bonds is 5. The van der Waals surface area contributed by atoms with Crippen LogP contribution < -0.4 is 15.4 Å².